The predicted molar refractivity (Wildman–Crippen MR) is 151 cm³/mol. The number of piperidine rings is 1. The Labute approximate surface area is 236 Å². The van der Waals surface area contributed by atoms with Crippen molar-refractivity contribution < 1.29 is 17.9 Å². The first kappa shape index (κ1) is 27.9. The first-order chi connectivity index (χ1) is 18.7. The first-order valence-corrected chi connectivity index (χ1v) is 15.2. The maximum atomic E-state index is 12.9. The van der Waals surface area contributed by atoms with E-state index in [0.717, 1.165) is 51.7 Å². The van der Waals surface area contributed by atoms with Crippen molar-refractivity contribution in [3.63, 3.8) is 0 Å². The van der Waals surface area contributed by atoms with Crippen LogP contribution in [0.2, 0.25) is 10.0 Å². The number of ether oxygens (including phenoxy) is 1. The number of carbonyl (C=O) groups is 1. The molecule has 2 heterocycles. The molecule has 9 nitrogen and oxygen atoms in total. The summed E-state index contributed by atoms with van der Waals surface area (Å²) in [6.07, 6.45) is 5.13. The second kappa shape index (κ2) is 11.9. The Bertz CT molecular complexity index is 1530. The Hall–Kier alpha value is -2.63. The third-order valence-corrected chi connectivity index (χ3v) is 9.50. The van der Waals surface area contributed by atoms with Gasteiger partial charge < -0.3 is 19.9 Å². The number of amides is 1. The molecule has 0 unspecified atom stereocenters. The summed E-state index contributed by atoms with van der Waals surface area (Å²) in [6, 6.07) is 10.1. The molecule has 0 atom stereocenters. The van der Waals surface area contributed by atoms with Crippen LogP contribution in [0.5, 0.6) is 5.75 Å². The summed E-state index contributed by atoms with van der Waals surface area (Å²) < 4.78 is 34.7. The molecule has 0 spiro atoms. The Kier molecular flexibility index (Phi) is 8.49. The van der Waals surface area contributed by atoms with Crippen molar-refractivity contribution in [1.29, 1.82) is 0 Å². The van der Waals surface area contributed by atoms with Gasteiger partial charge >= 0.3 is 0 Å². The largest absolute Gasteiger partial charge is 0.489 e. The van der Waals surface area contributed by atoms with Gasteiger partial charge in [0.15, 0.2) is 0 Å². The predicted octanol–water partition coefficient (Wildman–Crippen LogP) is 3.94. The lowest BCUT2D eigenvalue weighted by atomic mass is 10.1. The molecule has 1 aliphatic carbocycles. The zero-order valence-corrected chi connectivity index (χ0v) is 23.5. The van der Waals surface area contributed by atoms with Crippen molar-refractivity contribution in [3.05, 3.63) is 68.6 Å². The Morgan fingerprint density at radius 2 is 1.77 bits per heavy atom. The number of pyridine rings is 1. The van der Waals surface area contributed by atoms with Gasteiger partial charge in [-0.05, 0) is 56.8 Å². The molecular weight excluding hydrogens is 563 g/mol. The van der Waals surface area contributed by atoms with Crippen molar-refractivity contribution in [1.82, 2.24) is 19.9 Å². The van der Waals surface area contributed by atoms with Gasteiger partial charge in [-0.3, -0.25) is 9.59 Å². The fourth-order valence-corrected chi connectivity index (χ4v) is 6.96. The Morgan fingerprint density at radius 3 is 2.49 bits per heavy atom. The summed E-state index contributed by atoms with van der Waals surface area (Å²) in [5.74, 6) is -0.00777. The van der Waals surface area contributed by atoms with E-state index < -0.39 is 10.0 Å². The third kappa shape index (κ3) is 6.58. The summed E-state index contributed by atoms with van der Waals surface area (Å²) >= 11 is 12.4. The van der Waals surface area contributed by atoms with Crippen molar-refractivity contribution in [2.24, 2.45) is 0 Å². The number of aromatic amines is 1. The quantitative estimate of drug-likeness (QED) is 0.307. The number of hydrogen-bond donors (Lipinski definition) is 3. The number of sulfonamides is 1. The molecule has 1 amide bonds. The number of fused-ring (bicyclic) bond motifs is 1. The van der Waals surface area contributed by atoms with Crippen LogP contribution < -0.4 is 20.3 Å². The molecule has 1 aromatic heterocycles. The number of carbonyl (C=O) groups excluding carboxylic acids is 1. The van der Waals surface area contributed by atoms with Gasteiger partial charge in [-0.1, -0.05) is 41.4 Å². The van der Waals surface area contributed by atoms with Crippen LogP contribution in [0.4, 0.5) is 0 Å². The standard InChI is InChI=1S/C27H30Cl2N4O5S/c28-22-8-9-23(25(24(22)29)39(36,37)32-17-6-7-17)38-18-10-14-33(15-11-18)13-3-12-30-27(35)21-16-31-26(34)20-5-2-1-4-19(20)21/h1-2,4-5,8-9,16-18,32H,3,6-7,10-15H2,(H,30,35)(H,31,34). The Balaban J connectivity index is 1.11. The number of benzene rings is 2. The molecule has 3 N–H and O–H groups in total. The van der Waals surface area contributed by atoms with Crippen LogP contribution in [0.1, 0.15) is 42.5 Å². The minimum atomic E-state index is -3.85. The van der Waals surface area contributed by atoms with E-state index in [1.165, 1.54) is 6.20 Å². The van der Waals surface area contributed by atoms with Gasteiger partial charge in [0.05, 0.1) is 15.6 Å². The minimum Gasteiger partial charge on any atom is -0.489 e. The number of nitrogens with one attached hydrogen (secondary N) is 3. The van der Waals surface area contributed by atoms with Crippen LogP contribution in [-0.4, -0.2) is 62.5 Å². The molecule has 1 aliphatic heterocycles. The van der Waals surface area contributed by atoms with E-state index in [-0.39, 0.29) is 44.3 Å². The lowest BCUT2D eigenvalue weighted by Gasteiger charge is -2.32. The normalized spacial score (nSPS) is 16.9. The molecule has 1 saturated heterocycles. The fourth-order valence-electron chi connectivity index (χ4n) is 4.76. The minimum absolute atomic E-state index is 0.0309. The van der Waals surface area contributed by atoms with Gasteiger partial charge in [-0.25, -0.2) is 13.1 Å². The molecule has 12 heteroatoms. The van der Waals surface area contributed by atoms with Crippen LogP contribution in [0, 0.1) is 0 Å². The molecule has 0 bridgehead atoms. The summed E-state index contributed by atoms with van der Waals surface area (Å²) in [6.45, 7) is 2.87. The Morgan fingerprint density at radius 1 is 1.05 bits per heavy atom. The lowest BCUT2D eigenvalue weighted by molar-refractivity contribution is 0.0930. The smallest absolute Gasteiger partial charge is 0.255 e. The molecule has 5 rings (SSSR count). The van der Waals surface area contributed by atoms with E-state index in [4.69, 9.17) is 27.9 Å². The molecule has 2 aromatic carbocycles. The summed E-state index contributed by atoms with van der Waals surface area (Å²) in [7, 11) is -3.85. The van der Waals surface area contributed by atoms with Gasteiger partial charge in [0, 0.05) is 42.6 Å². The molecule has 1 saturated carbocycles. The third-order valence-electron chi connectivity index (χ3n) is 7.00. The van der Waals surface area contributed by atoms with Gasteiger partial charge in [-0.15, -0.1) is 0 Å². The highest BCUT2D eigenvalue weighted by molar-refractivity contribution is 7.89. The van der Waals surface area contributed by atoms with Gasteiger partial charge in [0.25, 0.3) is 11.5 Å². The van der Waals surface area contributed by atoms with E-state index in [1.54, 1.807) is 36.4 Å². The highest BCUT2D eigenvalue weighted by Crippen LogP contribution is 2.38. The highest BCUT2D eigenvalue weighted by atomic mass is 35.5. The van der Waals surface area contributed by atoms with Gasteiger partial charge in [0.1, 0.15) is 16.7 Å². The number of likely N-dealkylation sites (tertiary alicyclic amines) is 1. The van der Waals surface area contributed by atoms with E-state index in [1.807, 2.05) is 0 Å². The number of H-pyrrole nitrogens is 1. The van der Waals surface area contributed by atoms with Crippen LogP contribution in [0.3, 0.4) is 0 Å². The number of rotatable bonds is 10. The fraction of sp³-hybridized carbons (Fsp3) is 0.407. The van der Waals surface area contributed by atoms with Crippen molar-refractivity contribution in [3.8, 4) is 5.75 Å². The summed E-state index contributed by atoms with van der Waals surface area (Å²) in [4.78, 5) is 29.5. The zero-order valence-electron chi connectivity index (χ0n) is 21.2. The van der Waals surface area contributed by atoms with Crippen molar-refractivity contribution in [2.75, 3.05) is 26.2 Å². The molecule has 39 heavy (non-hydrogen) atoms. The molecular formula is C27H30Cl2N4O5S. The van der Waals surface area contributed by atoms with Gasteiger partial charge in [-0.2, -0.15) is 0 Å². The van der Waals surface area contributed by atoms with Crippen LogP contribution in [-0.2, 0) is 10.0 Å². The van der Waals surface area contributed by atoms with E-state index in [9.17, 15) is 18.0 Å². The first-order valence-electron chi connectivity index (χ1n) is 13.0. The molecule has 2 fully saturated rings. The average Bonchev–Trinajstić information content (AvgIpc) is 3.73. The molecule has 208 valence electrons. The molecule has 3 aromatic rings. The second-order valence-corrected chi connectivity index (χ2v) is 12.4. The van der Waals surface area contributed by atoms with Gasteiger partial charge in [0.2, 0.25) is 10.0 Å². The zero-order chi connectivity index (χ0) is 27.6. The lowest BCUT2D eigenvalue weighted by Crippen LogP contribution is -2.40. The SMILES string of the molecule is O=C(NCCCN1CCC(Oc2ccc(Cl)c(Cl)c2S(=O)(=O)NC2CC2)CC1)c1c[nH]c(=O)c2ccccc12. The van der Waals surface area contributed by atoms with Crippen molar-refractivity contribution in [2.45, 2.75) is 49.1 Å². The number of nitrogens with zero attached hydrogens (tertiary/aromatic N) is 1. The van der Waals surface area contributed by atoms with Crippen LogP contribution in [0.15, 0.2) is 52.3 Å². The topological polar surface area (TPSA) is 121 Å². The van der Waals surface area contributed by atoms with Crippen LogP contribution >= 0.6 is 23.2 Å². The maximum absolute atomic E-state index is 12.9. The number of aromatic nitrogens is 1. The number of halogens is 2. The van der Waals surface area contributed by atoms with E-state index >= 15 is 0 Å². The summed E-state index contributed by atoms with van der Waals surface area (Å²) in [5, 5.41) is 4.19. The number of hydrogen-bond acceptors (Lipinski definition) is 6. The van der Waals surface area contributed by atoms with E-state index in [2.05, 4.69) is 19.9 Å². The monoisotopic (exact) mass is 592 g/mol. The van der Waals surface area contributed by atoms with E-state index in [0.29, 0.717) is 22.9 Å². The summed E-state index contributed by atoms with van der Waals surface area (Å²) in [5.41, 5.74) is 0.223. The average molecular weight is 594 g/mol. The molecule has 2 aliphatic rings. The second-order valence-electron chi connectivity index (χ2n) is 9.93. The molecule has 0 radical (unpaired) electrons. The van der Waals surface area contributed by atoms with Crippen LogP contribution in [0.25, 0.3) is 10.8 Å². The highest BCUT2D eigenvalue weighted by Gasteiger charge is 2.33. The van der Waals surface area contributed by atoms with Crippen molar-refractivity contribution >= 4 is 49.9 Å². The maximum Gasteiger partial charge on any atom is 0.255 e.